The molecule has 0 aliphatic heterocycles. The molecular weight excluding hydrogens is 418 g/mol. The van der Waals surface area contributed by atoms with Crippen molar-refractivity contribution in [2.24, 2.45) is 11.0 Å². The first-order valence-corrected chi connectivity index (χ1v) is 10.6. The molecule has 164 valence electrons. The van der Waals surface area contributed by atoms with Crippen LogP contribution in [0.15, 0.2) is 41.5 Å². The Morgan fingerprint density at radius 1 is 1.16 bits per heavy atom. The zero-order chi connectivity index (χ0) is 22.2. The van der Waals surface area contributed by atoms with Crippen molar-refractivity contribution in [1.29, 1.82) is 5.53 Å². The maximum atomic E-state index is 11.8. The van der Waals surface area contributed by atoms with E-state index in [1.54, 1.807) is 6.92 Å². The zero-order valence-corrected chi connectivity index (χ0v) is 18.1. The summed E-state index contributed by atoms with van der Waals surface area (Å²) < 4.78 is 4.76. The molecule has 0 unspecified atom stereocenters. The Balaban J connectivity index is 1.59. The SMILES string of the molecule is CCOC(=O)CNC(=O)NCc1ccc(-c2ccc(NCC3CC3)c(N=N)c2Cl)cc1. The number of benzene rings is 2. The van der Waals surface area contributed by atoms with Crippen LogP contribution in [0.4, 0.5) is 16.2 Å². The predicted molar refractivity (Wildman–Crippen MR) is 120 cm³/mol. The number of carbonyl (C=O) groups excluding carboxylic acids is 2. The van der Waals surface area contributed by atoms with Gasteiger partial charge in [0.05, 0.1) is 17.3 Å². The van der Waals surface area contributed by atoms with Crippen LogP contribution in [0.5, 0.6) is 0 Å². The fourth-order valence-electron chi connectivity index (χ4n) is 3.03. The van der Waals surface area contributed by atoms with E-state index in [0.717, 1.165) is 28.9 Å². The van der Waals surface area contributed by atoms with Gasteiger partial charge in [-0.05, 0) is 42.9 Å². The highest BCUT2D eigenvalue weighted by molar-refractivity contribution is 6.36. The second-order valence-electron chi connectivity index (χ2n) is 7.30. The van der Waals surface area contributed by atoms with Gasteiger partial charge >= 0.3 is 12.0 Å². The Labute approximate surface area is 186 Å². The van der Waals surface area contributed by atoms with Crippen LogP contribution >= 0.6 is 11.6 Å². The Hall–Kier alpha value is -3.13. The lowest BCUT2D eigenvalue weighted by Crippen LogP contribution is -2.38. The van der Waals surface area contributed by atoms with Gasteiger partial charge in [0.25, 0.3) is 0 Å². The minimum Gasteiger partial charge on any atom is -0.465 e. The summed E-state index contributed by atoms with van der Waals surface area (Å²) in [5.41, 5.74) is 11.3. The van der Waals surface area contributed by atoms with Gasteiger partial charge in [-0.25, -0.2) is 10.3 Å². The summed E-state index contributed by atoms with van der Waals surface area (Å²) in [4.78, 5) is 23.0. The topological polar surface area (TPSA) is 116 Å². The molecule has 0 radical (unpaired) electrons. The van der Waals surface area contributed by atoms with Crippen LogP contribution in [0, 0.1) is 11.4 Å². The summed E-state index contributed by atoms with van der Waals surface area (Å²) in [5.74, 6) is 0.219. The van der Waals surface area contributed by atoms with Crippen LogP contribution in [0.3, 0.4) is 0 Å². The lowest BCUT2D eigenvalue weighted by Gasteiger charge is -2.13. The van der Waals surface area contributed by atoms with Crippen LogP contribution in [0.2, 0.25) is 5.02 Å². The second-order valence-corrected chi connectivity index (χ2v) is 7.68. The molecule has 31 heavy (non-hydrogen) atoms. The lowest BCUT2D eigenvalue weighted by molar-refractivity contribution is -0.141. The van der Waals surface area contributed by atoms with Crippen molar-refractivity contribution < 1.29 is 14.3 Å². The van der Waals surface area contributed by atoms with Crippen LogP contribution in [0.1, 0.15) is 25.3 Å². The molecule has 2 aromatic rings. The number of ether oxygens (including phenoxy) is 1. The number of anilines is 1. The monoisotopic (exact) mass is 443 g/mol. The molecule has 1 saturated carbocycles. The van der Waals surface area contributed by atoms with Gasteiger partial charge < -0.3 is 20.7 Å². The lowest BCUT2D eigenvalue weighted by atomic mass is 10.0. The number of urea groups is 1. The molecule has 0 bridgehead atoms. The fraction of sp³-hybridized carbons (Fsp3) is 0.364. The van der Waals surface area contributed by atoms with Crippen molar-refractivity contribution in [2.45, 2.75) is 26.3 Å². The third-order valence-electron chi connectivity index (χ3n) is 4.92. The van der Waals surface area contributed by atoms with E-state index in [2.05, 4.69) is 21.1 Å². The van der Waals surface area contributed by atoms with Crippen molar-refractivity contribution in [3.8, 4) is 11.1 Å². The molecule has 4 N–H and O–H groups in total. The molecule has 0 heterocycles. The molecule has 0 saturated heterocycles. The van der Waals surface area contributed by atoms with Crippen molar-refractivity contribution in [3.05, 3.63) is 47.0 Å². The molecule has 1 aliphatic rings. The van der Waals surface area contributed by atoms with E-state index in [4.69, 9.17) is 21.9 Å². The highest BCUT2D eigenvalue weighted by Gasteiger charge is 2.22. The molecule has 2 amide bonds. The summed E-state index contributed by atoms with van der Waals surface area (Å²) in [6.45, 7) is 2.98. The highest BCUT2D eigenvalue weighted by Crippen LogP contribution is 2.41. The predicted octanol–water partition coefficient (Wildman–Crippen LogP) is 4.85. The van der Waals surface area contributed by atoms with Crippen LogP contribution in [0.25, 0.3) is 11.1 Å². The van der Waals surface area contributed by atoms with Crippen LogP contribution in [-0.2, 0) is 16.1 Å². The number of halogens is 1. The van der Waals surface area contributed by atoms with Gasteiger partial charge in [-0.1, -0.05) is 41.9 Å². The number of hydrogen-bond donors (Lipinski definition) is 4. The molecule has 0 spiro atoms. The summed E-state index contributed by atoms with van der Waals surface area (Å²) in [7, 11) is 0. The molecule has 9 heteroatoms. The van der Waals surface area contributed by atoms with Crippen molar-refractivity contribution in [2.75, 3.05) is 25.0 Å². The molecule has 0 atom stereocenters. The standard InChI is InChI=1S/C22H26ClN5O3/c1-2-31-19(29)13-27-22(30)26-12-15-5-7-16(8-6-15)17-9-10-18(21(28-24)20(17)23)25-11-14-3-4-14/h5-10,14,24-25H,2-4,11-13H2,1H3,(H2,26,27,30). The minimum atomic E-state index is -0.480. The summed E-state index contributed by atoms with van der Waals surface area (Å²) in [6.07, 6.45) is 2.47. The molecule has 1 aliphatic carbocycles. The van der Waals surface area contributed by atoms with E-state index in [9.17, 15) is 9.59 Å². The molecule has 1 fully saturated rings. The third-order valence-corrected chi connectivity index (χ3v) is 5.31. The normalized spacial score (nSPS) is 12.7. The summed E-state index contributed by atoms with van der Waals surface area (Å²) >= 11 is 6.55. The minimum absolute atomic E-state index is 0.175. The molecule has 3 rings (SSSR count). The molecule has 2 aromatic carbocycles. The smallest absolute Gasteiger partial charge is 0.325 e. The largest absolute Gasteiger partial charge is 0.465 e. The maximum Gasteiger partial charge on any atom is 0.325 e. The van der Waals surface area contributed by atoms with Crippen LogP contribution in [-0.4, -0.2) is 31.7 Å². The molecule has 8 nitrogen and oxygen atoms in total. The van der Waals surface area contributed by atoms with Crippen molar-refractivity contribution >= 4 is 35.0 Å². The molecule has 0 aromatic heterocycles. The Kier molecular flexibility index (Phi) is 7.83. The van der Waals surface area contributed by atoms with E-state index >= 15 is 0 Å². The quantitative estimate of drug-likeness (QED) is 0.310. The number of esters is 1. The third kappa shape index (κ3) is 6.42. The fourth-order valence-corrected chi connectivity index (χ4v) is 3.34. The number of carbonyl (C=O) groups is 2. The second kappa shape index (κ2) is 10.8. The number of nitrogens with one attached hydrogen (secondary N) is 4. The number of nitrogens with zero attached hydrogens (tertiary/aromatic N) is 1. The van der Waals surface area contributed by atoms with Crippen LogP contribution < -0.4 is 16.0 Å². The first-order chi connectivity index (χ1) is 15.0. The summed E-state index contributed by atoms with van der Waals surface area (Å²) in [6, 6.07) is 10.9. The van der Waals surface area contributed by atoms with E-state index in [-0.39, 0.29) is 13.2 Å². The average Bonchev–Trinajstić information content (AvgIpc) is 3.60. The zero-order valence-electron chi connectivity index (χ0n) is 17.3. The summed E-state index contributed by atoms with van der Waals surface area (Å²) in [5, 5.41) is 12.5. The van der Waals surface area contributed by atoms with Gasteiger partial charge in [-0.3, -0.25) is 4.79 Å². The van der Waals surface area contributed by atoms with Gasteiger partial charge in [0.2, 0.25) is 0 Å². The van der Waals surface area contributed by atoms with Gasteiger partial charge in [0.15, 0.2) is 0 Å². The average molecular weight is 444 g/mol. The van der Waals surface area contributed by atoms with E-state index in [1.165, 1.54) is 12.8 Å². The van der Waals surface area contributed by atoms with Gasteiger partial charge in [0, 0.05) is 18.7 Å². The molecular formula is C22H26ClN5O3. The highest BCUT2D eigenvalue weighted by atomic mass is 35.5. The Morgan fingerprint density at radius 3 is 2.55 bits per heavy atom. The van der Waals surface area contributed by atoms with E-state index < -0.39 is 12.0 Å². The maximum absolute atomic E-state index is 11.8. The van der Waals surface area contributed by atoms with Gasteiger partial charge in [0.1, 0.15) is 12.2 Å². The van der Waals surface area contributed by atoms with Crippen molar-refractivity contribution in [3.63, 3.8) is 0 Å². The Morgan fingerprint density at radius 2 is 1.90 bits per heavy atom. The van der Waals surface area contributed by atoms with Gasteiger partial charge in [-0.2, -0.15) is 5.11 Å². The first kappa shape index (κ1) is 22.6. The Bertz CT molecular complexity index is 945. The van der Waals surface area contributed by atoms with E-state index in [1.807, 2.05) is 36.4 Å². The van der Waals surface area contributed by atoms with Crippen molar-refractivity contribution in [1.82, 2.24) is 10.6 Å². The number of amides is 2. The van der Waals surface area contributed by atoms with E-state index in [0.29, 0.717) is 23.2 Å². The van der Waals surface area contributed by atoms with Gasteiger partial charge in [-0.15, -0.1) is 0 Å². The number of hydrogen-bond acceptors (Lipinski definition) is 6. The first-order valence-electron chi connectivity index (χ1n) is 10.2. The number of rotatable bonds is 10.